The molecule has 2 amide bonds. The molecule has 13 heteroatoms. The van der Waals surface area contributed by atoms with Crippen molar-refractivity contribution in [3.8, 4) is 17.1 Å². The number of aromatic nitrogens is 4. The molecule has 0 radical (unpaired) electrons. The van der Waals surface area contributed by atoms with Gasteiger partial charge in [-0.25, -0.2) is 15.0 Å². The van der Waals surface area contributed by atoms with Crippen molar-refractivity contribution in [2.24, 2.45) is 5.73 Å². The van der Waals surface area contributed by atoms with Crippen molar-refractivity contribution < 1.29 is 19.5 Å². The van der Waals surface area contributed by atoms with Gasteiger partial charge in [-0.1, -0.05) is 30.7 Å². The van der Waals surface area contributed by atoms with Gasteiger partial charge in [-0.2, -0.15) is 0 Å². The van der Waals surface area contributed by atoms with Crippen LogP contribution in [0.2, 0.25) is 5.02 Å². The van der Waals surface area contributed by atoms with Gasteiger partial charge in [0.1, 0.15) is 24.2 Å². The van der Waals surface area contributed by atoms with E-state index in [1.54, 1.807) is 30.3 Å². The van der Waals surface area contributed by atoms with E-state index in [4.69, 9.17) is 27.4 Å². The number of fused-ring (bicyclic) bond motifs is 1. The Hall–Kier alpha value is -4.55. The number of amides is 2. The molecule has 0 unspecified atom stereocenters. The fourth-order valence-corrected chi connectivity index (χ4v) is 5.37. The highest BCUT2D eigenvalue weighted by molar-refractivity contribution is 6.33. The zero-order chi connectivity index (χ0) is 29.1. The van der Waals surface area contributed by atoms with Crippen molar-refractivity contribution in [3.63, 3.8) is 0 Å². The number of carbonyl (C=O) groups excluding carboxylic acids is 2. The number of aliphatic carboxylic acids is 1. The van der Waals surface area contributed by atoms with Crippen molar-refractivity contribution >= 4 is 46.4 Å². The highest BCUT2D eigenvalue weighted by atomic mass is 35.5. The third-order valence-corrected chi connectivity index (χ3v) is 7.56. The van der Waals surface area contributed by atoms with Crippen LogP contribution in [-0.4, -0.2) is 74.1 Å². The number of piperidine rings is 1. The summed E-state index contributed by atoms with van der Waals surface area (Å²) in [5, 5.41) is 15.0. The van der Waals surface area contributed by atoms with Gasteiger partial charge in [0, 0.05) is 29.9 Å². The van der Waals surface area contributed by atoms with Gasteiger partial charge < -0.3 is 26.4 Å². The molecule has 1 aliphatic rings. The lowest BCUT2D eigenvalue weighted by atomic mass is 9.86. The van der Waals surface area contributed by atoms with Crippen molar-refractivity contribution in [1.29, 1.82) is 0 Å². The van der Waals surface area contributed by atoms with Gasteiger partial charge in [-0.3, -0.25) is 19.0 Å². The van der Waals surface area contributed by atoms with Gasteiger partial charge in [0.25, 0.3) is 5.91 Å². The van der Waals surface area contributed by atoms with Crippen LogP contribution in [0.1, 0.15) is 30.1 Å². The Labute approximate surface area is 240 Å². The number of carbonyl (C=O) groups is 3. The van der Waals surface area contributed by atoms with Crippen molar-refractivity contribution in [2.45, 2.75) is 25.3 Å². The van der Waals surface area contributed by atoms with Crippen molar-refractivity contribution in [2.75, 3.05) is 31.1 Å². The fraction of sp³-hybridized carbons (Fsp3) is 0.286. The number of imidazole rings is 1. The number of hydrogen-bond donors (Lipinski definition) is 4. The van der Waals surface area contributed by atoms with E-state index in [1.807, 2.05) is 29.7 Å². The SMILES string of the molecule is CCNC1(C(N)=O)CCN(c2ncnc3c2nc(-c2ccccc2Cl)n3-c2ccc(C(=O)NCC(=O)O)cc2)CC1. The highest BCUT2D eigenvalue weighted by Gasteiger charge is 2.40. The molecule has 12 nitrogen and oxygen atoms in total. The molecule has 2 aromatic heterocycles. The van der Waals surface area contributed by atoms with Crippen LogP contribution >= 0.6 is 11.6 Å². The Kier molecular flexibility index (Phi) is 7.86. The van der Waals surface area contributed by atoms with Crippen LogP contribution in [-0.2, 0) is 9.59 Å². The number of carboxylic acid groups (broad SMARTS) is 1. The molecule has 0 bridgehead atoms. The second-order valence-electron chi connectivity index (χ2n) is 9.71. The number of primary amides is 1. The first-order chi connectivity index (χ1) is 19.7. The van der Waals surface area contributed by atoms with E-state index < -0.39 is 24.0 Å². The predicted octanol–water partition coefficient (Wildman–Crippen LogP) is 2.38. The van der Waals surface area contributed by atoms with Crippen LogP contribution in [0.3, 0.4) is 0 Å². The monoisotopic (exact) mass is 576 g/mol. The van der Waals surface area contributed by atoms with Crippen LogP contribution in [0.25, 0.3) is 28.2 Å². The minimum Gasteiger partial charge on any atom is -0.480 e. The van der Waals surface area contributed by atoms with Crippen molar-refractivity contribution in [3.05, 3.63) is 65.4 Å². The van der Waals surface area contributed by atoms with E-state index in [1.165, 1.54) is 6.33 Å². The maximum absolute atomic E-state index is 12.4. The number of likely N-dealkylation sites (N-methyl/N-ethyl adjacent to an activating group) is 1. The van der Waals surface area contributed by atoms with E-state index in [2.05, 4.69) is 25.5 Å². The first-order valence-corrected chi connectivity index (χ1v) is 13.5. The molecule has 0 saturated carbocycles. The van der Waals surface area contributed by atoms with Crippen LogP contribution in [0, 0.1) is 0 Å². The van der Waals surface area contributed by atoms with Gasteiger partial charge in [-0.15, -0.1) is 0 Å². The summed E-state index contributed by atoms with van der Waals surface area (Å²) in [6.07, 6.45) is 2.51. The summed E-state index contributed by atoms with van der Waals surface area (Å²) in [4.78, 5) is 51.7. The number of carboxylic acids is 1. The number of benzene rings is 2. The summed E-state index contributed by atoms with van der Waals surface area (Å²) >= 11 is 6.60. The summed E-state index contributed by atoms with van der Waals surface area (Å²) in [5.74, 6) is -0.833. The molecule has 212 valence electrons. The summed E-state index contributed by atoms with van der Waals surface area (Å²) in [7, 11) is 0. The predicted molar refractivity (Wildman–Crippen MR) is 154 cm³/mol. The van der Waals surface area contributed by atoms with Gasteiger partial charge >= 0.3 is 5.97 Å². The van der Waals surface area contributed by atoms with Gasteiger partial charge in [0.2, 0.25) is 5.91 Å². The average molecular weight is 577 g/mol. The van der Waals surface area contributed by atoms with Gasteiger partial charge in [0.15, 0.2) is 17.0 Å². The Morgan fingerprint density at radius 2 is 1.78 bits per heavy atom. The second-order valence-corrected chi connectivity index (χ2v) is 10.1. The lowest BCUT2D eigenvalue weighted by Gasteiger charge is -2.40. The quantitative estimate of drug-likeness (QED) is 0.234. The zero-order valence-electron chi connectivity index (χ0n) is 22.3. The Bertz CT molecular complexity index is 1610. The molecule has 1 aliphatic heterocycles. The number of nitrogens with zero attached hydrogens (tertiary/aromatic N) is 5. The summed E-state index contributed by atoms with van der Waals surface area (Å²) in [6, 6.07) is 14.0. The third-order valence-electron chi connectivity index (χ3n) is 7.23. The van der Waals surface area contributed by atoms with E-state index in [0.29, 0.717) is 77.1 Å². The van der Waals surface area contributed by atoms with Gasteiger partial charge in [0.05, 0.1) is 5.02 Å². The van der Waals surface area contributed by atoms with E-state index >= 15 is 0 Å². The van der Waals surface area contributed by atoms with E-state index in [9.17, 15) is 14.4 Å². The normalized spacial score (nSPS) is 14.6. The maximum Gasteiger partial charge on any atom is 0.322 e. The molecular formula is C28H29ClN8O4. The maximum atomic E-state index is 12.4. The van der Waals surface area contributed by atoms with Crippen LogP contribution < -0.4 is 21.3 Å². The molecule has 1 saturated heterocycles. The summed E-state index contributed by atoms with van der Waals surface area (Å²) in [6.45, 7) is 3.18. The largest absolute Gasteiger partial charge is 0.480 e. The number of nitrogens with one attached hydrogen (secondary N) is 2. The molecule has 0 atom stereocenters. The number of hydrogen-bond acceptors (Lipinski definition) is 8. The molecular weight excluding hydrogens is 548 g/mol. The molecule has 3 heterocycles. The molecule has 5 rings (SSSR count). The minimum absolute atomic E-state index is 0.306. The van der Waals surface area contributed by atoms with Crippen LogP contribution in [0.4, 0.5) is 5.82 Å². The molecule has 41 heavy (non-hydrogen) atoms. The Balaban J connectivity index is 1.57. The number of nitrogens with two attached hydrogens (primary N) is 1. The van der Waals surface area contributed by atoms with E-state index in [0.717, 1.165) is 0 Å². The summed E-state index contributed by atoms with van der Waals surface area (Å²) < 4.78 is 1.84. The topological polar surface area (TPSA) is 168 Å². The molecule has 4 aromatic rings. The average Bonchev–Trinajstić information content (AvgIpc) is 3.36. The van der Waals surface area contributed by atoms with Crippen LogP contribution in [0.5, 0.6) is 0 Å². The lowest BCUT2D eigenvalue weighted by Crippen LogP contribution is -2.61. The first kappa shape index (κ1) is 28.0. The fourth-order valence-electron chi connectivity index (χ4n) is 5.15. The molecule has 0 aliphatic carbocycles. The smallest absolute Gasteiger partial charge is 0.322 e. The van der Waals surface area contributed by atoms with Crippen LogP contribution in [0.15, 0.2) is 54.9 Å². The number of anilines is 1. The first-order valence-electron chi connectivity index (χ1n) is 13.1. The standard InChI is InChI=1S/C28H29ClN8O4/c1-2-34-28(27(30)41)11-13-36(14-12-28)24-22-25(33-16-32-24)37(23(35-22)19-5-3-4-6-20(19)29)18-9-7-17(8-10-18)26(40)31-15-21(38)39/h3-10,16,34H,2,11-15H2,1H3,(H2,30,41)(H,31,40)(H,38,39). The molecule has 0 spiro atoms. The van der Waals surface area contributed by atoms with Gasteiger partial charge in [-0.05, 0) is 55.8 Å². The third kappa shape index (κ3) is 5.43. The lowest BCUT2D eigenvalue weighted by molar-refractivity contribution is -0.135. The molecule has 1 fully saturated rings. The molecule has 5 N–H and O–H groups in total. The highest BCUT2D eigenvalue weighted by Crippen LogP contribution is 2.36. The summed E-state index contributed by atoms with van der Waals surface area (Å²) in [5.41, 5.74) is 7.74. The van der Waals surface area contributed by atoms with E-state index in [-0.39, 0.29) is 5.91 Å². The second kappa shape index (κ2) is 11.5. The zero-order valence-corrected chi connectivity index (χ0v) is 23.1. The number of halogens is 1. The number of rotatable bonds is 9. The Morgan fingerprint density at radius 3 is 2.41 bits per heavy atom. The molecule has 2 aromatic carbocycles. The Morgan fingerprint density at radius 1 is 1.07 bits per heavy atom. The minimum atomic E-state index is -1.13. The van der Waals surface area contributed by atoms with Crippen molar-refractivity contribution in [1.82, 2.24) is 30.2 Å².